The first-order valence-electron chi connectivity index (χ1n) is 9.38. The number of carbonyl (C=O) groups excluding carboxylic acids is 1. The molecule has 0 saturated heterocycles. The number of aromatic nitrogens is 3. The number of benzene rings is 1. The number of amides is 1. The minimum atomic E-state index is -0.270. The lowest BCUT2D eigenvalue weighted by Crippen LogP contribution is -2.31. The molecule has 1 amide bonds. The zero-order valence-electron chi connectivity index (χ0n) is 16.6. The minimum Gasteiger partial charge on any atom is -0.343 e. The Kier molecular flexibility index (Phi) is 5.43. The van der Waals surface area contributed by atoms with Crippen molar-refractivity contribution in [3.05, 3.63) is 63.4 Å². The van der Waals surface area contributed by atoms with Gasteiger partial charge in [-0.2, -0.15) is 5.10 Å². The van der Waals surface area contributed by atoms with Crippen molar-refractivity contribution in [3.8, 4) is 0 Å². The van der Waals surface area contributed by atoms with E-state index >= 15 is 0 Å². The monoisotopic (exact) mass is 427 g/mol. The van der Waals surface area contributed by atoms with Gasteiger partial charge >= 0.3 is 0 Å². The molecular formula is C21H22ClN5OS. The summed E-state index contributed by atoms with van der Waals surface area (Å²) in [5.74, 6) is -0.270. The first-order valence-corrected chi connectivity index (χ1v) is 10.6. The van der Waals surface area contributed by atoms with Crippen molar-refractivity contribution < 1.29 is 4.79 Å². The molecule has 29 heavy (non-hydrogen) atoms. The topological polar surface area (TPSA) is 63.1 Å². The average molecular weight is 428 g/mol. The molecule has 1 aliphatic heterocycles. The van der Waals surface area contributed by atoms with E-state index in [2.05, 4.69) is 27.2 Å². The Balaban J connectivity index is 1.60. The van der Waals surface area contributed by atoms with Crippen LogP contribution in [-0.2, 0) is 7.05 Å². The molecule has 4 rings (SSSR count). The summed E-state index contributed by atoms with van der Waals surface area (Å²) in [4.78, 5) is 19.5. The van der Waals surface area contributed by atoms with E-state index in [4.69, 9.17) is 11.6 Å². The SMILES string of the molecule is CC1=C(c2cc(C(=O)Nc3c(C)cccc3Cl)nn2C)CN(c2nccs2)CC1. The second-order valence-corrected chi connectivity index (χ2v) is 8.45. The number of para-hydroxylation sites is 1. The van der Waals surface area contributed by atoms with Crippen LogP contribution in [-0.4, -0.2) is 33.8 Å². The van der Waals surface area contributed by atoms with Crippen molar-refractivity contribution in [2.45, 2.75) is 20.3 Å². The molecule has 150 valence electrons. The number of carbonyl (C=O) groups is 1. The summed E-state index contributed by atoms with van der Waals surface area (Å²) in [7, 11) is 1.87. The van der Waals surface area contributed by atoms with Gasteiger partial charge in [0.25, 0.3) is 5.91 Å². The van der Waals surface area contributed by atoms with E-state index in [0.29, 0.717) is 16.4 Å². The van der Waals surface area contributed by atoms with Gasteiger partial charge in [0.15, 0.2) is 10.8 Å². The van der Waals surface area contributed by atoms with E-state index in [1.165, 1.54) is 11.1 Å². The van der Waals surface area contributed by atoms with Crippen LogP contribution in [0.25, 0.3) is 5.57 Å². The van der Waals surface area contributed by atoms with Crippen molar-refractivity contribution in [3.63, 3.8) is 0 Å². The molecule has 6 nitrogen and oxygen atoms in total. The fourth-order valence-corrected chi connectivity index (χ4v) is 4.46. The maximum atomic E-state index is 12.8. The molecule has 0 saturated carbocycles. The van der Waals surface area contributed by atoms with E-state index in [-0.39, 0.29) is 5.91 Å². The van der Waals surface area contributed by atoms with Crippen molar-refractivity contribution in [1.82, 2.24) is 14.8 Å². The number of aryl methyl sites for hydroxylation is 2. The van der Waals surface area contributed by atoms with Crippen LogP contribution in [0.1, 0.15) is 35.1 Å². The number of thiazole rings is 1. The van der Waals surface area contributed by atoms with E-state index in [9.17, 15) is 4.79 Å². The Morgan fingerprint density at radius 2 is 2.14 bits per heavy atom. The zero-order valence-corrected chi connectivity index (χ0v) is 18.1. The van der Waals surface area contributed by atoms with Crippen LogP contribution >= 0.6 is 22.9 Å². The Hall–Kier alpha value is -2.64. The third-order valence-electron chi connectivity index (χ3n) is 5.19. The van der Waals surface area contributed by atoms with E-state index in [1.54, 1.807) is 22.1 Å². The summed E-state index contributed by atoms with van der Waals surface area (Å²) >= 11 is 7.88. The summed E-state index contributed by atoms with van der Waals surface area (Å²) in [5, 5.41) is 10.9. The molecule has 2 aromatic heterocycles. The van der Waals surface area contributed by atoms with Gasteiger partial charge in [-0.3, -0.25) is 9.48 Å². The van der Waals surface area contributed by atoms with Gasteiger partial charge in [0.05, 0.1) is 16.4 Å². The van der Waals surface area contributed by atoms with Crippen molar-refractivity contribution in [2.75, 3.05) is 23.3 Å². The lowest BCUT2D eigenvalue weighted by molar-refractivity contribution is 0.102. The first kappa shape index (κ1) is 19.7. The van der Waals surface area contributed by atoms with Gasteiger partial charge in [-0.15, -0.1) is 11.3 Å². The molecule has 0 radical (unpaired) electrons. The molecule has 0 aliphatic carbocycles. The zero-order chi connectivity index (χ0) is 20.5. The predicted octanol–water partition coefficient (Wildman–Crippen LogP) is 4.77. The largest absolute Gasteiger partial charge is 0.343 e. The number of rotatable bonds is 4. The number of halogens is 1. The van der Waals surface area contributed by atoms with Gasteiger partial charge in [-0.1, -0.05) is 29.3 Å². The van der Waals surface area contributed by atoms with E-state index < -0.39 is 0 Å². The number of anilines is 2. The van der Waals surface area contributed by atoms with Crippen LogP contribution in [0.5, 0.6) is 0 Å². The molecule has 3 aromatic rings. The van der Waals surface area contributed by atoms with Gasteiger partial charge in [-0.25, -0.2) is 4.98 Å². The Bertz CT molecular complexity index is 1070. The second kappa shape index (κ2) is 8.00. The maximum absolute atomic E-state index is 12.8. The lowest BCUT2D eigenvalue weighted by atomic mass is 9.99. The van der Waals surface area contributed by atoms with Crippen LogP contribution in [0.15, 0.2) is 41.4 Å². The maximum Gasteiger partial charge on any atom is 0.276 e. The molecule has 1 N–H and O–H groups in total. The Labute approximate surface area is 178 Å². The molecule has 1 aliphatic rings. The third kappa shape index (κ3) is 3.93. The van der Waals surface area contributed by atoms with Crippen molar-refractivity contribution in [1.29, 1.82) is 0 Å². The highest BCUT2D eigenvalue weighted by molar-refractivity contribution is 7.13. The van der Waals surface area contributed by atoms with Crippen LogP contribution in [0, 0.1) is 6.92 Å². The van der Waals surface area contributed by atoms with Crippen LogP contribution < -0.4 is 10.2 Å². The summed E-state index contributed by atoms with van der Waals surface area (Å²) in [6.07, 6.45) is 2.79. The summed E-state index contributed by atoms with van der Waals surface area (Å²) in [6, 6.07) is 7.39. The first-order chi connectivity index (χ1) is 13.9. The molecule has 8 heteroatoms. The highest BCUT2D eigenvalue weighted by atomic mass is 35.5. The quantitative estimate of drug-likeness (QED) is 0.651. The summed E-state index contributed by atoms with van der Waals surface area (Å²) in [5.41, 5.74) is 5.35. The van der Waals surface area contributed by atoms with E-state index in [1.807, 2.05) is 43.7 Å². The normalized spacial score (nSPS) is 14.4. The number of hydrogen-bond donors (Lipinski definition) is 1. The molecule has 0 unspecified atom stereocenters. The van der Waals surface area contributed by atoms with Gasteiger partial charge in [0, 0.05) is 31.7 Å². The second-order valence-electron chi connectivity index (χ2n) is 7.17. The predicted molar refractivity (Wildman–Crippen MR) is 119 cm³/mol. The Morgan fingerprint density at radius 1 is 1.31 bits per heavy atom. The van der Waals surface area contributed by atoms with Crippen LogP contribution in [0.4, 0.5) is 10.8 Å². The van der Waals surface area contributed by atoms with Crippen molar-refractivity contribution in [2.24, 2.45) is 7.05 Å². The third-order valence-corrected chi connectivity index (χ3v) is 6.34. The molecule has 0 spiro atoms. The molecule has 0 bridgehead atoms. The molecular weight excluding hydrogens is 406 g/mol. The van der Waals surface area contributed by atoms with Gasteiger partial charge < -0.3 is 10.2 Å². The number of nitrogens with one attached hydrogen (secondary N) is 1. The van der Waals surface area contributed by atoms with Gasteiger partial charge in [0.2, 0.25) is 0 Å². The fraction of sp³-hybridized carbons (Fsp3) is 0.286. The van der Waals surface area contributed by atoms with Crippen molar-refractivity contribution >= 4 is 45.2 Å². The van der Waals surface area contributed by atoms with Gasteiger partial charge in [0.1, 0.15) is 0 Å². The highest BCUT2D eigenvalue weighted by Crippen LogP contribution is 2.31. The molecule has 3 heterocycles. The molecule has 0 fully saturated rings. The highest BCUT2D eigenvalue weighted by Gasteiger charge is 2.24. The van der Waals surface area contributed by atoms with Gasteiger partial charge in [-0.05, 0) is 43.5 Å². The fourth-order valence-electron chi connectivity index (χ4n) is 3.52. The summed E-state index contributed by atoms with van der Waals surface area (Å²) < 4.78 is 1.78. The summed E-state index contributed by atoms with van der Waals surface area (Å²) in [6.45, 7) is 5.76. The average Bonchev–Trinajstić information content (AvgIpc) is 3.35. The number of nitrogens with zero attached hydrogens (tertiary/aromatic N) is 4. The van der Waals surface area contributed by atoms with Crippen LogP contribution in [0.3, 0.4) is 0 Å². The Morgan fingerprint density at radius 3 is 2.86 bits per heavy atom. The smallest absolute Gasteiger partial charge is 0.276 e. The standard InChI is InChI=1S/C21H22ClN5OS/c1-13-7-9-27(21-23-8-10-29-21)12-15(13)18-11-17(25-26(18)3)20(28)24-19-14(2)5-4-6-16(19)22/h4-6,8,10-11H,7,9,12H2,1-3H3,(H,24,28). The lowest BCUT2D eigenvalue weighted by Gasteiger charge is -2.29. The molecule has 1 aromatic carbocycles. The molecule has 0 atom stereocenters. The van der Waals surface area contributed by atoms with Crippen LogP contribution in [0.2, 0.25) is 5.02 Å². The van der Waals surface area contributed by atoms with E-state index in [0.717, 1.165) is 35.9 Å². The number of hydrogen-bond acceptors (Lipinski definition) is 5. The minimum absolute atomic E-state index is 0.270.